The molecule has 0 amide bonds. The molecule has 1 saturated heterocycles. The molecule has 432 valence electrons. The largest absolute Gasteiger partial charge is 0.491 e. The predicted octanol–water partition coefficient (Wildman–Crippen LogP) is 9.31. The van der Waals surface area contributed by atoms with Crippen molar-refractivity contribution in [3.05, 3.63) is 118 Å². The molecule has 5 heterocycles. The van der Waals surface area contributed by atoms with Crippen LogP contribution in [0.15, 0.2) is 87.9 Å². The maximum absolute atomic E-state index is 14.5. The molecule has 4 aromatic heterocycles. The van der Waals surface area contributed by atoms with E-state index in [-0.39, 0.29) is 19.8 Å². The minimum Gasteiger partial charge on any atom is -0.491 e. The van der Waals surface area contributed by atoms with Gasteiger partial charge in [0.15, 0.2) is 11.6 Å². The van der Waals surface area contributed by atoms with Crippen LogP contribution in [0.3, 0.4) is 0 Å². The van der Waals surface area contributed by atoms with Crippen LogP contribution < -0.4 is 30.3 Å². The van der Waals surface area contributed by atoms with E-state index in [1.807, 2.05) is 138 Å². The number of aliphatic hydroxyl groups is 3. The van der Waals surface area contributed by atoms with E-state index >= 15 is 0 Å². The summed E-state index contributed by atoms with van der Waals surface area (Å²) in [6, 6.07) is 24.2. The van der Waals surface area contributed by atoms with Crippen LogP contribution in [-0.4, -0.2) is 148 Å². The molecule has 2 aliphatic rings. The van der Waals surface area contributed by atoms with Gasteiger partial charge in [0.2, 0.25) is 0 Å². The van der Waals surface area contributed by atoms with Crippen molar-refractivity contribution in [2.75, 3.05) is 77.4 Å². The number of rotatable bonds is 20. The molecule has 3 aromatic carbocycles. The average Bonchev–Trinajstić information content (AvgIpc) is 4.26. The molecule has 18 nitrogen and oxygen atoms in total. The zero-order chi connectivity index (χ0) is 57.9. The summed E-state index contributed by atoms with van der Waals surface area (Å²) in [6.45, 7) is 18.3. The number of hydrogen-bond donors (Lipinski definition) is 6. The number of nitrogens with zero attached hydrogens (tertiary/aromatic N) is 8. The van der Waals surface area contributed by atoms with Crippen molar-refractivity contribution >= 4 is 11.6 Å². The van der Waals surface area contributed by atoms with E-state index in [0.29, 0.717) is 90.4 Å². The van der Waals surface area contributed by atoms with Crippen LogP contribution in [0.1, 0.15) is 79.1 Å². The van der Waals surface area contributed by atoms with E-state index < -0.39 is 24.7 Å². The summed E-state index contributed by atoms with van der Waals surface area (Å²) in [6.07, 6.45) is 1.01. The SMILES string of the molecule is CC.CNCC(O)COc1cccc(-c2nc(-c3c(C)noc3C)c(C)c(N3CCN(Cc4ccccc4)C(C(F)F)C3)n2)c1.CNCC(O)COc1cccc(-c2nc(NC3CCCC3)c(C)c(-c3c(C)noc3C)n2)c1.CO. The fraction of sp³-hybridized carbons (Fsp3) is 0.467. The fourth-order valence-corrected chi connectivity index (χ4v) is 9.84. The monoisotopic (exact) mass is 1110 g/mol. The third-order valence-corrected chi connectivity index (χ3v) is 13.8. The molecule has 1 aliphatic heterocycles. The van der Waals surface area contributed by atoms with Crippen molar-refractivity contribution in [1.29, 1.82) is 0 Å². The number of nitrogens with one attached hydrogen (secondary N) is 3. The highest BCUT2D eigenvalue weighted by molar-refractivity contribution is 5.76. The minimum atomic E-state index is -2.53. The fourth-order valence-electron chi connectivity index (χ4n) is 9.84. The van der Waals surface area contributed by atoms with Crippen molar-refractivity contribution in [2.45, 2.75) is 118 Å². The highest BCUT2D eigenvalue weighted by Crippen LogP contribution is 2.38. The molecule has 80 heavy (non-hydrogen) atoms. The number of likely N-dealkylation sites (N-methyl/N-ethyl adjacent to an activating group) is 2. The Labute approximate surface area is 469 Å². The van der Waals surface area contributed by atoms with E-state index in [9.17, 15) is 19.0 Å². The Bertz CT molecular complexity index is 2970. The Hall–Kier alpha value is -6.94. The Kier molecular flexibility index (Phi) is 23.8. The predicted molar refractivity (Wildman–Crippen MR) is 309 cm³/mol. The molecule has 0 bridgehead atoms. The van der Waals surface area contributed by atoms with Gasteiger partial charge in [-0.3, -0.25) is 4.90 Å². The lowest BCUT2D eigenvalue weighted by Crippen LogP contribution is -2.56. The molecular formula is C60H81F2N11O7. The van der Waals surface area contributed by atoms with Crippen molar-refractivity contribution in [3.63, 3.8) is 0 Å². The first-order valence-corrected chi connectivity index (χ1v) is 27.5. The summed E-state index contributed by atoms with van der Waals surface area (Å²) in [4.78, 5) is 23.5. The lowest BCUT2D eigenvalue weighted by Gasteiger charge is -2.42. The smallest absolute Gasteiger partial charge is 0.255 e. The Balaban J connectivity index is 0.000000250. The second-order valence-electron chi connectivity index (χ2n) is 19.6. The van der Waals surface area contributed by atoms with Gasteiger partial charge in [-0.25, -0.2) is 28.7 Å². The molecule has 2 fully saturated rings. The third-order valence-electron chi connectivity index (χ3n) is 13.8. The van der Waals surface area contributed by atoms with E-state index in [4.69, 9.17) is 43.6 Å². The van der Waals surface area contributed by atoms with Gasteiger partial charge in [-0.1, -0.05) is 91.6 Å². The van der Waals surface area contributed by atoms with E-state index in [2.05, 4.69) is 26.3 Å². The number of benzene rings is 3. The molecule has 20 heteroatoms. The number of aliphatic hydroxyl groups excluding tert-OH is 3. The number of aryl methyl sites for hydroxylation is 4. The highest BCUT2D eigenvalue weighted by Gasteiger charge is 2.36. The van der Waals surface area contributed by atoms with Gasteiger partial charge in [0.1, 0.15) is 60.1 Å². The topological polar surface area (TPSA) is 225 Å². The van der Waals surface area contributed by atoms with Crippen LogP contribution in [0.25, 0.3) is 45.3 Å². The second kappa shape index (κ2) is 30.6. The summed E-state index contributed by atoms with van der Waals surface area (Å²) in [7, 11) is 4.56. The van der Waals surface area contributed by atoms with Crippen molar-refractivity contribution in [3.8, 4) is 56.8 Å². The maximum Gasteiger partial charge on any atom is 0.255 e. The minimum absolute atomic E-state index is 0.120. The van der Waals surface area contributed by atoms with Crippen molar-refractivity contribution < 1.29 is 42.6 Å². The summed E-state index contributed by atoms with van der Waals surface area (Å²) < 4.78 is 51.5. The molecule has 1 saturated carbocycles. The van der Waals surface area contributed by atoms with Gasteiger partial charge in [-0.2, -0.15) is 0 Å². The lowest BCUT2D eigenvalue weighted by atomic mass is 10.0. The molecule has 0 spiro atoms. The van der Waals surface area contributed by atoms with Crippen molar-refractivity contribution in [1.82, 2.24) is 45.8 Å². The standard InChI is InChI=1S/C32H38F2N6O3.C25H33N5O3.C2H6.CH4O/c1-20-29(28-21(2)38-43-22(28)3)36-31(24-11-8-12-26(15-24)42-19-25(41)16-35-4)37-32(20)40-14-13-39(27(18-40)30(33)34)17-23-9-6-5-7-10-23;1-15-23(22-16(2)30-33-17(22)3)28-25(29-24(15)27-19-9-5-6-10-19)18-8-7-11-21(12-18)32-14-20(31)13-26-4;2*1-2/h5-12,15,25,27,30,35,41H,13-14,16-19H2,1-4H3;7-8,11-12,19-20,26,31H,5-6,9-10,13-14H2,1-4H3,(H,27,28,29);1-2H3;2H,1H3. The first-order chi connectivity index (χ1) is 38.7. The van der Waals surface area contributed by atoms with Gasteiger partial charge < -0.3 is 54.7 Å². The van der Waals surface area contributed by atoms with Gasteiger partial charge in [-0.05, 0) is 98.3 Å². The number of piperazine rings is 1. The molecule has 7 aromatic rings. The molecular weight excluding hydrogens is 1020 g/mol. The summed E-state index contributed by atoms with van der Waals surface area (Å²) in [5, 5.41) is 44.8. The number of aromatic nitrogens is 6. The zero-order valence-electron chi connectivity index (χ0n) is 48.2. The quantitative estimate of drug-likeness (QED) is 0.0418. The number of alkyl halides is 2. The summed E-state index contributed by atoms with van der Waals surface area (Å²) in [5.41, 5.74) is 8.94. The number of anilines is 2. The van der Waals surface area contributed by atoms with E-state index in [1.54, 1.807) is 20.2 Å². The third kappa shape index (κ3) is 16.1. The molecule has 3 unspecified atom stereocenters. The molecule has 0 radical (unpaired) electrons. The van der Waals surface area contributed by atoms with Gasteiger partial charge >= 0.3 is 0 Å². The number of hydrogen-bond acceptors (Lipinski definition) is 18. The van der Waals surface area contributed by atoms with Gasteiger partial charge in [0, 0.05) is 74.7 Å². The zero-order valence-corrected chi connectivity index (χ0v) is 48.2. The van der Waals surface area contributed by atoms with E-state index in [0.717, 1.165) is 76.3 Å². The van der Waals surface area contributed by atoms with Crippen LogP contribution in [0.4, 0.5) is 20.4 Å². The first-order valence-electron chi connectivity index (χ1n) is 27.5. The van der Waals surface area contributed by atoms with Crippen LogP contribution >= 0.6 is 0 Å². The van der Waals surface area contributed by atoms with Crippen LogP contribution in [0.2, 0.25) is 0 Å². The number of ether oxygens (including phenoxy) is 2. The lowest BCUT2D eigenvalue weighted by molar-refractivity contribution is 0.0148. The second-order valence-corrected chi connectivity index (χ2v) is 19.6. The van der Waals surface area contributed by atoms with Gasteiger partial charge in [-0.15, -0.1) is 0 Å². The molecule has 6 N–H and O–H groups in total. The van der Waals surface area contributed by atoms with Crippen LogP contribution in [0, 0.1) is 41.5 Å². The Morgan fingerprint density at radius 1 is 0.662 bits per heavy atom. The van der Waals surface area contributed by atoms with Crippen LogP contribution in [-0.2, 0) is 6.54 Å². The average molecular weight is 1110 g/mol. The normalized spacial score (nSPS) is 15.3. The molecule has 3 atom stereocenters. The van der Waals surface area contributed by atoms with Gasteiger partial charge in [0.25, 0.3) is 6.43 Å². The molecule has 9 rings (SSSR count). The first kappa shape index (κ1) is 62.3. The van der Waals surface area contributed by atoms with E-state index in [1.165, 1.54) is 12.8 Å². The van der Waals surface area contributed by atoms with Gasteiger partial charge in [0.05, 0.1) is 39.9 Å². The number of halogens is 2. The summed E-state index contributed by atoms with van der Waals surface area (Å²) in [5.74, 6) is 5.06. The Morgan fingerprint density at radius 2 is 1.18 bits per heavy atom. The summed E-state index contributed by atoms with van der Waals surface area (Å²) >= 11 is 0. The maximum atomic E-state index is 14.5. The molecule has 1 aliphatic carbocycles. The van der Waals surface area contributed by atoms with Crippen LogP contribution in [0.5, 0.6) is 11.5 Å². The Morgan fingerprint density at radius 3 is 1.66 bits per heavy atom. The van der Waals surface area contributed by atoms with Crippen molar-refractivity contribution in [2.24, 2.45) is 0 Å². The highest BCUT2D eigenvalue weighted by atomic mass is 19.3.